The third-order valence-corrected chi connectivity index (χ3v) is 8.28. The zero-order valence-electron chi connectivity index (χ0n) is 22.6. The highest BCUT2D eigenvalue weighted by Crippen LogP contribution is 2.34. The molecule has 1 atom stereocenters. The molecule has 0 aliphatic carbocycles. The van der Waals surface area contributed by atoms with Crippen LogP contribution in [0.1, 0.15) is 63.5 Å². The summed E-state index contributed by atoms with van der Waals surface area (Å²) in [4.78, 5) is 32.2. The van der Waals surface area contributed by atoms with Gasteiger partial charge in [-0.2, -0.15) is 0 Å². The fraction of sp³-hybridized carbons (Fsp3) is 0.312. The molecule has 0 spiro atoms. The number of nitrogens with zero attached hydrogens (tertiary/aromatic N) is 2. The van der Waals surface area contributed by atoms with Gasteiger partial charge in [-0.1, -0.05) is 44.2 Å². The number of carbonyl (C=O) groups excluding carboxylic acids is 2. The average Bonchev–Trinajstić information content (AvgIpc) is 3.64. The first-order chi connectivity index (χ1) is 18.9. The van der Waals surface area contributed by atoms with Gasteiger partial charge in [-0.25, -0.2) is 0 Å². The Labute approximate surface area is 233 Å². The number of hydrogen-bond donors (Lipinski definition) is 0. The Hall–Kier alpha value is -3.84. The Morgan fingerprint density at radius 1 is 1.08 bits per heavy atom. The molecule has 39 heavy (non-hydrogen) atoms. The number of carbonyl (C=O) groups is 2. The monoisotopic (exact) mass is 542 g/mol. The summed E-state index contributed by atoms with van der Waals surface area (Å²) in [7, 11) is 0. The molecule has 0 radical (unpaired) electrons. The van der Waals surface area contributed by atoms with Crippen molar-refractivity contribution in [1.82, 2.24) is 9.80 Å². The van der Waals surface area contributed by atoms with Gasteiger partial charge in [0.1, 0.15) is 24.7 Å². The molecule has 2 aromatic heterocycles. The van der Waals surface area contributed by atoms with E-state index in [0.29, 0.717) is 30.4 Å². The quantitative estimate of drug-likeness (QED) is 0.238. The third kappa shape index (κ3) is 6.09. The molecule has 0 saturated carbocycles. The first-order valence-corrected chi connectivity index (χ1v) is 14.2. The van der Waals surface area contributed by atoms with Crippen molar-refractivity contribution < 1.29 is 18.7 Å². The topological polar surface area (TPSA) is 63.0 Å². The summed E-state index contributed by atoms with van der Waals surface area (Å²) < 4.78 is 11.8. The molecule has 0 unspecified atom stereocenters. The molecule has 6 nitrogen and oxygen atoms in total. The lowest BCUT2D eigenvalue weighted by Crippen LogP contribution is -2.47. The predicted octanol–water partition coefficient (Wildman–Crippen LogP) is 6.62. The zero-order valence-corrected chi connectivity index (χ0v) is 23.4. The minimum atomic E-state index is -0.226. The summed E-state index contributed by atoms with van der Waals surface area (Å²) in [5, 5.41) is 2.08. The van der Waals surface area contributed by atoms with Crippen molar-refractivity contribution in [3.05, 3.63) is 111 Å². The van der Waals surface area contributed by atoms with Crippen LogP contribution >= 0.6 is 11.3 Å². The van der Waals surface area contributed by atoms with Crippen LogP contribution in [0.15, 0.2) is 82.8 Å². The molecular weight excluding hydrogens is 508 g/mol. The Kier molecular flexibility index (Phi) is 8.17. The summed E-state index contributed by atoms with van der Waals surface area (Å²) in [5.74, 6) is 1.56. The lowest BCUT2D eigenvalue weighted by atomic mass is 10.00. The van der Waals surface area contributed by atoms with Crippen molar-refractivity contribution in [2.24, 2.45) is 0 Å². The summed E-state index contributed by atoms with van der Waals surface area (Å²) in [6.07, 6.45) is 2.37. The van der Waals surface area contributed by atoms with Crippen molar-refractivity contribution in [2.45, 2.75) is 45.7 Å². The van der Waals surface area contributed by atoms with Crippen molar-refractivity contribution >= 4 is 23.2 Å². The maximum Gasteiger partial charge on any atom is 0.255 e. The minimum absolute atomic E-state index is 0.0487. The number of furan rings is 1. The molecule has 1 aliphatic heterocycles. The van der Waals surface area contributed by atoms with Gasteiger partial charge in [-0.3, -0.25) is 9.59 Å². The smallest absolute Gasteiger partial charge is 0.255 e. The highest BCUT2D eigenvalue weighted by molar-refractivity contribution is 7.10. The number of ether oxygens (including phenoxy) is 1. The summed E-state index contributed by atoms with van der Waals surface area (Å²) in [6.45, 7) is 7.33. The molecule has 0 N–H and O–H groups in total. The van der Waals surface area contributed by atoms with Crippen molar-refractivity contribution in [3.63, 3.8) is 0 Å². The molecule has 202 valence electrons. The van der Waals surface area contributed by atoms with Gasteiger partial charge in [-0.15, -0.1) is 11.3 Å². The van der Waals surface area contributed by atoms with E-state index in [1.165, 1.54) is 10.4 Å². The lowest BCUT2D eigenvalue weighted by molar-refractivity contribution is -0.135. The number of aryl methyl sites for hydroxylation is 1. The number of fused-ring (bicyclic) bond motifs is 1. The molecule has 1 aliphatic rings. The Morgan fingerprint density at radius 3 is 2.59 bits per heavy atom. The second-order valence-corrected chi connectivity index (χ2v) is 11.2. The first-order valence-electron chi connectivity index (χ1n) is 13.4. The maximum absolute atomic E-state index is 13.9. The van der Waals surface area contributed by atoms with Gasteiger partial charge < -0.3 is 19.0 Å². The zero-order chi connectivity index (χ0) is 27.4. The number of rotatable bonds is 9. The van der Waals surface area contributed by atoms with Crippen molar-refractivity contribution in [1.29, 1.82) is 0 Å². The van der Waals surface area contributed by atoms with Crippen LogP contribution in [0.5, 0.6) is 5.75 Å². The van der Waals surface area contributed by atoms with Crippen LogP contribution < -0.4 is 4.74 Å². The van der Waals surface area contributed by atoms with Crippen LogP contribution in [0.2, 0.25) is 0 Å². The summed E-state index contributed by atoms with van der Waals surface area (Å²) in [5.41, 5.74) is 3.84. The summed E-state index contributed by atoms with van der Waals surface area (Å²) >= 11 is 1.72. The largest absolute Gasteiger partial charge is 0.491 e. The molecule has 0 saturated heterocycles. The van der Waals surface area contributed by atoms with Crippen LogP contribution in [0.25, 0.3) is 0 Å². The van der Waals surface area contributed by atoms with E-state index in [4.69, 9.17) is 9.15 Å². The molecule has 0 fully saturated rings. The molecule has 2 aromatic carbocycles. The molecule has 2 amide bonds. The first kappa shape index (κ1) is 26.8. The molecule has 3 heterocycles. The highest BCUT2D eigenvalue weighted by Gasteiger charge is 2.34. The maximum atomic E-state index is 13.9. The van der Waals surface area contributed by atoms with E-state index in [1.54, 1.807) is 34.6 Å². The predicted molar refractivity (Wildman–Crippen MR) is 153 cm³/mol. The van der Waals surface area contributed by atoms with Crippen LogP contribution in [0.4, 0.5) is 0 Å². The van der Waals surface area contributed by atoms with Crippen LogP contribution in [0, 0.1) is 6.92 Å². The summed E-state index contributed by atoms with van der Waals surface area (Å²) in [6, 6.07) is 21.1. The van der Waals surface area contributed by atoms with Crippen LogP contribution in [-0.2, 0) is 17.8 Å². The second kappa shape index (κ2) is 11.9. The van der Waals surface area contributed by atoms with Gasteiger partial charge in [0.05, 0.1) is 18.8 Å². The van der Waals surface area contributed by atoms with E-state index >= 15 is 0 Å². The van der Waals surface area contributed by atoms with Gasteiger partial charge in [0, 0.05) is 17.0 Å². The van der Waals surface area contributed by atoms with Gasteiger partial charge in [0.2, 0.25) is 5.91 Å². The van der Waals surface area contributed by atoms with E-state index in [2.05, 4.69) is 37.4 Å². The third-order valence-electron chi connectivity index (χ3n) is 7.29. The highest BCUT2D eigenvalue weighted by atomic mass is 32.1. The van der Waals surface area contributed by atoms with Crippen molar-refractivity contribution in [2.75, 3.05) is 19.7 Å². The minimum Gasteiger partial charge on any atom is -0.491 e. The normalized spacial score (nSPS) is 14.8. The molecule has 5 rings (SSSR count). The van der Waals surface area contributed by atoms with Crippen LogP contribution in [-0.4, -0.2) is 41.3 Å². The number of amides is 2. The Bertz CT molecular complexity index is 1410. The Balaban J connectivity index is 1.36. The van der Waals surface area contributed by atoms with Gasteiger partial charge >= 0.3 is 0 Å². The second-order valence-electron chi connectivity index (χ2n) is 10.2. The van der Waals surface area contributed by atoms with Gasteiger partial charge in [-0.05, 0) is 77.7 Å². The molecular formula is C32H34N2O4S. The average molecular weight is 543 g/mol. The molecule has 4 aromatic rings. The number of benzene rings is 2. The number of thiophene rings is 1. The SMILES string of the molecule is Cc1ccccc1C(=O)N(CC(=O)N1CCc2sccc2[C@H]1COc1ccc(C(C)C)cc1)Cc1ccco1. The van der Waals surface area contributed by atoms with E-state index in [-0.39, 0.29) is 30.9 Å². The molecule has 7 heteroatoms. The van der Waals surface area contributed by atoms with E-state index in [9.17, 15) is 9.59 Å². The fourth-order valence-corrected chi connectivity index (χ4v) is 5.95. The van der Waals surface area contributed by atoms with Crippen molar-refractivity contribution in [3.8, 4) is 5.75 Å². The lowest BCUT2D eigenvalue weighted by Gasteiger charge is -2.37. The standard InChI is InChI=1S/C32H34N2O4S/c1-22(2)24-10-12-25(13-11-24)38-21-29-28-15-18-39-30(28)14-16-34(29)31(35)20-33(19-26-8-6-17-37-26)32(36)27-9-5-4-7-23(27)3/h4-13,15,17-18,22,29H,14,16,19-21H2,1-3H3/t29-/m1/s1. The Morgan fingerprint density at radius 2 is 1.87 bits per heavy atom. The van der Waals surface area contributed by atoms with E-state index in [1.807, 2.05) is 48.2 Å². The van der Waals surface area contributed by atoms with E-state index < -0.39 is 0 Å². The molecule has 0 bridgehead atoms. The van der Waals surface area contributed by atoms with Crippen LogP contribution in [0.3, 0.4) is 0 Å². The van der Waals surface area contributed by atoms with Gasteiger partial charge in [0.15, 0.2) is 0 Å². The van der Waals surface area contributed by atoms with Gasteiger partial charge in [0.25, 0.3) is 5.91 Å². The number of hydrogen-bond acceptors (Lipinski definition) is 5. The fourth-order valence-electron chi connectivity index (χ4n) is 5.03. The van der Waals surface area contributed by atoms with E-state index in [0.717, 1.165) is 23.3 Å².